The fourth-order valence-corrected chi connectivity index (χ4v) is 16.3. The molecule has 0 saturated carbocycles. The molecule has 0 saturated heterocycles. The van der Waals surface area contributed by atoms with Crippen molar-refractivity contribution in [3.63, 3.8) is 0 Å². The lowest BCUT2D eigenvalue weighted by Gasteiger charge is -2.21. The molecule has 510 valence electrons. The van der Waals surface area contributed by atoms with Crippen LogP contribution in [-0.2, 0) is 0 Å². The molecule has 10 heteroatoms. The molecule has 0 fully saturated rings. The Labute approximate surface area is 632 Å². The largest absolute Gasteiger partial charge is 0.255 e. The zero-order valence-electron chi connectivity index (χ0n) is 59.1. The summed E-state index contributed by atoms with van der Waals surface area (Å²) >= 11 is 0. The maximum absolute atomic E-state index is 5.03. The van der Waals surface area contributed by atoms with Gasteiger partial charge in [-0.15, -0.1) is 0 Å². The van der Waals surface area contributed by atoms with Crippen LogP contribution < -0.4 is 0 Å². The zero-order chi connectivity index (χ0) is 72.6. The summed E-state index contributed by atoms with van der Waals surface area (Å²) in [6.45, 7) is 0. The van der Waals surface area contributed by atoms with E-state index in [0.717, 1.165) is 215 Å². The van der Waals surface area contributed by atoms with Crippen LogP contribution >= 0.6 is 0 Å². The van der Waals surface area contributed by atoms with Gasteiger partial charge in [0.15, 0.2) is 5.82 Å². The summed E-state index contributed by atoms with van der Waals surface area (Å²) in [5.41, 5.74) is 31.2. The second-order valence-electron chi connectivity index (χ2n) is 27.9. The van der Waals surface area contributed by atoms with Crippen LogP contribution in [0.3, 0.4) is 0 Å². The van der Waals surface area contributed by atoms with Gasteiger partial charge in [0.25, 0.3) is 0 Å². The Morgan fingerprint density at radius 1 is 0.155 bits per heavy atom. The molecule has 21 aromatic rings. The third kappa shape index (κ3) is 11.2. The van der Waals surface area contributed by atoms with Crippen molar-refractivity contribution in [3.05, 3.63) is 365 Å². The predicted molar refractivity (Wildman–Crippen MR) is 450 cm³/mol. The summed E-state index contributed by atoms with van der Waals surface area (Å²) in [6, 6.07) is 109. The van der Waals surface area contributed by atoms with Gasteiger partial charge in [0.05, 0.1) is 44.1 Å². The van der Waals surface area contributed by atoms with Gasteiger partial charge in [-0.1, -0.05) is 164 Å². The SMILES string of the molecule is c1cnc(-c2ccc(-c3c(-c4cc(-c5ccccc5-c5ccc6c(c5)ncc5cccnc56)cc(-c5ccccc5-c5ccc6c(c5)ncc5cccnc56)c4)cccc3-c3cc(-c4ccccc4-c4ccc5c(c4)ncc4cccnc45)cc(-c4ccccc4-c4ccc5c(c4)ncc4cccnc45)c3)cc2)nc1. The van der Waals surface area contributed by atoms with Crippen LogP contribution in [0.4, 0.5) is 0 Å². The first kappa shape index (κ1) is 63.5. The van der Waals surface area contributed by atoms with Gasteiger partial charge >= 0.3 is 0 Å². The van der Waals surface area contributed by atoms with E-state index in [9.17, 15) is 0 Å². The van der Waals surface area contributed by atoms with Gasteiger partial charge in [0.2, 0.25) is 0 Å². The molecule has 0 spiro atoms. The molecule has 0 unspecified atom stereocenters. The van der Waals surface area contributed by atoms with Crippen LogP contribution in [-0.4, -0.2) is 49.8 Å². The number of benzene rings is 12. The van der Waals surface area contributed by atoms with E-state index < -0.39 is 0 Å². The van der Waals surface area contributed by atoms with Crippen molar-refractivity contribution >= 4 is 87.2 Å². The van der Waals surface area contributed by atoms with Gasteiger partial charge in [-0.3, -0.25) is 39.9 Å². The molecule has 0 bridgehead atoms. The van der Waals surface area contributed by atoms with Crippen molar-refractivity contribution in [1.29, 1.82) is 0 Å². The fourth-order valence-electron chi connectivity index (χ4n) is 16.3. The average molecular weight is 1400 g/mol. The molecule has 0 aliphatic carbocycles. The summed E-state index contributed by atoms with van der Waals surface area (Å²) in [4.78, 5) is 48.8. The van der Waals surface area contributed by atoms with E-state index in [1.807, 2.05) is 79.9 Å². The number of fused-ring (bicyclic) bond motifs is 12. The second-order valence-corrected chi connectivity index (χ2v) is 27.9. The first-order chi connectivity index (χ1) is 54.5. The van der Waals surface area contributed by atoms with Gasteiger partial charge in [-0.2, -0.15) is 0 Å². The average Bonchev–Trinajstić information content (AvgIpc) is 0.754. The summed E-state index contributed by atoms with van der Waals surface area (Å²) in [6.07, 6.45) is 18.7. The molecule has 0 aliphatic rings. The van der Waals surface area contributed by atoms with E-state index in [0.29, 0.717) is 5.82 Å². The van der Waals surface area contributed by atoms with Gasteiger partial charge in [-0.05, 0) is 262 Å². The third-order valence-corrected chi connectivity index (χ3v) is 21.5. The molecule has 0 N–H and O–H groups in total. The number of aromatic nitrogens is 10. The maximum atomic E-state index is 5.03. The van der Waals surface area contributed by atoms with Crippen molar-refractivity contribution < 1.29 is 0 Å². The van der Waals surface area contributed by atoms with Gasteiger partial charge in [0, 0.05) is 111 Å². The highest BCUT2D eigenvalue weighted by molar-refractivity contribution is 6.10. The minimum absolute atomic E-state index is 0.649. The lowest BCUT2D eigenvalue weighted by Crippen LogP contribution is -1.95. The Hall–Kier alpha value is -15.0. The zero-order valence-corrected chi connectivity index (χ0v) is 59.1. The Balaban J connectivity index is 0.805. The van der Waals surface area contributed by atoms with Crippen LogP contribution in [0.15, 0.2) is 365 Å². The van der Waals surface area contributed by atoms with Gasteiger partial charge in [0.1, 0.15) is 0 Å². The minimum atomic E-state index is 0.649. The van der Waals surface area contributed by atoms with Gasteiger partial charge < -0.3 is 0 Å². The van der Waals surface area contributed by atoms with Crippen molar-refractivity contribution in [1.82, 2.24) is 49.8 Å². The van der Waals surface area contributed by atoms with Gasteiger partial charge in [-0.25, -0.2) is 9.97 Å². The Kier molecular flexibility index (Phi) is 15.3. The second kappa shape index (κ2) is 26.5. The molecule has 12 aromatic carbocycles. The monoisotopic (exact) mass is 1400 g/mol. The molecule has 0 atom stereocenters. The first-order valence-electron chi connectivity index (χ1n) is 36.8. The lowest BCUT2D eigenvalue weighted by atomic mass is 9.82. The van der Waals surface area contributed by atoms with Crippen molar-refractivity contribution in [2.75, 3.05) is 0 Å². The summed E-state index contributed by atoms with van der Waals surface area (Å²) in [5, 5.41) is 8.02. The molecule has 0 amide bonds. The minimum Gasteiger partial charge on any atom is -0.255 e. The number of pyridine rings is 8. The highest BCUT2D eigenvalue weighted by atomic mass is 14.9. The maximum Gasteiger partial charge on any atom is 0.159 e. The summed E-state index contributed by atoms with van der Waals surface area (Å²) in [7, 11) is 0. The predicted octanol–water partition coefficient (Wildman–Crippen LogP) is 24.9. The van der Waals surface area contributed by atoms with E-state index in [1.165, 1.54) is 0 Å². The van der Waals surface area contributed by atoms with Crippen LogP contribution in [0.5, 0.6) is 0 Å². The molecule has 9 aromatic heterocycles. The van der Waals surface area contributed by atoms with Crippen LogP contribution in [0.25, 0.3) is 221 Å². The molecule has 9 heterocycles. The Morgan fingerprint density at radius 2 is 0.400 bits per heavy atom. The van der Waals surface area contributed by atoms with E-state index in [-0.39, 0.29) is 0 Å². The van der Waals surface area contributed by atoms with Crippen molar-refractivity contribution in [2.45, 2.75) is 0 Å². The summed E-state index contributed by atoms with van der Waals surface area (Å²) in [5.74, 6) is 0.649. The number of nitrogens with zero attached hydrogens (tertiary/aromatic N) is 10. The molecule has 10 nitrogen and oxygen atoms in total. The molecular formula is C100H60N10. The fraction of sp³-hybridized carbons (Fsp3) is 0. The Bertz CT molecular complexity index is 6550. The number of hydrogen-bond acceptors (Lipinski definition) is 10. The standard InChI is InChI=1S/C100H60N10/c1-5-23-81(77(19-1)63-33-37-87-91(53-63)107-57-67-15-10-41-101-96(67)87)71-47-72(82-24-6-2-20-78(82)64-34-38-88-92(54-64)108-58-68-16-11-42-102-97(68)88)50-75(49-71)85-27-9-28-86(95(85)61-29-31-62(32-30-61)100-105-45-14-46-106-100)76-51-73(83-25-7-3-21-79(83)65-35-39-89-93(55-65)109-59-69-17-12-43-103-98(69)89)48-74(52-76)84-26-8-4-22-80(84)66-36-40-90-94(56-66)110-60-70-18-13-44-104-99(70)90/h1-60H. The van der Waals surface area contributed by atoms with Crippen LogP contribution in [0, 0.1) is 0 Å². The molecule has 21 rings (SSSR count). The Morgan fingerprint density at radius 3 is 0.700 bits per heavy atom. The molecule has 0 radical (unpaired) electrons. The van der Waals surface area contributed by atoms with E-state index in [4.69, 9.17) is 49.8 Å². The highest BCUT2D eigenvalue weighted by Crippen LogP contribution is 2.49. The number of hydrogen-bond donors (Lipinski definition) is 0. The van der Waals surface area contributed by atoms with E-state index in [2.05, 4.69) is 273 Å². The molecule has 0 aliphatic heterocycles. The topological polar surface area (TPSA) is 129 Å². The molecular weight excluding hydrogens is 1340 g/mol. The first-order valence-corrected chi connectivity index (χ1v) is 36.8. The number of rotatable bonds is 12. The smallest absolute Gasteiger partial charge is 0.159 e. The van der Waals surface area contributed by atoms with Crippen molar-refractivity contribution in [3.8, 4) is 134 Å². The van der Waals surface area contributed by atoms with E-state index in [1.54, 1.807) is 12.4 Å². The quantitative estimate of drug-likeness (QED) is 0.109. The lowest BCUT2D eigenvalue weighted by molar-refractivity contribution is 1.18. The summed E-state index contributed by atoms with van der Waals surface area (Å²) < 4.78 is 0. The highest BCUT2D eigenvalue weighted by Gasteiger charge is 2.23. The molecule has 110 heavy (non-hydrogen) atoms. The normalized spacial score (nSPS) is 11.6. The van der Waals surface area contributed by atoms with Crippen LogP contribution in [0.1, 0.15) is 0 Å². The third-order valence-electron chi connectivity index (χ3n) is 21.5. The van der Waals surface area contributed by atoms with Crippen molar-refractivity contribution in [2.24, 2.45) is 0 Å². The van der Waals surface area contributed by atoms with Crippen LogP contribution in [0.2, 0.25) is 0 Å². The van der Waals surface area contributed by atoms with E-state index >= 15 is 0 Å².